The largest absolute Gasteiger partial charge is 0.472 e. The fraction of sp³-hybridized carbons (Fsp3) is 0.600. The second kappa shape index (κ2) is 7.21. The van der Waals surface area contributed by atoms with Gasteiger partial charge in [0.15, 0.2) is 0 Å². The minimum Gasteiger partial charge on any atom is -0.472 e. The maximum absolute atomic E-state index is 13.0. The molecule has 2 saturated carbocycles. The molecule has 1 aliphatic heterocycles. The van der Waals surface area contributed by atoms with Crippen molar-refractivity contribution in [2.75, 3.05) is 0 Å². The Morgan fingerprint density at radius 1 is 0.970 bits per heavy atom. The SMILES string of the molecule is CC1(C)OC23CC1CC(OC(=O)c1ccoc1)C2(C)C(OC(=O)c1ccoc1)CCC3(C)O. The van der Waals surface area contributed by atoms with E-state index >= 15 is 0 Å². The van der Waals surface area contributed by atoms with E-state index in [2.05, 4.69) is 0 Å². The summed E-state index contributed by atoms with van der Waals surface area (Å²) >= 11 is 0. The van der Waals surface area contributed by atoms with Crippen LogP contribution < -0.4 is 0 Å². The van der Waals surface area contributed by atoms with Crippen LogP contribution in [0.15, 0.2) is 46.0 Å². The van der Waals surface area contributed by atoms with Gasteiger partial charge < -0.3 is 28.2 Å². The average molecular weight is 459 g/mol. The topological polar surface area (TPSA) is 108 Å². The molecule has 5 rings (SSSR count). The van der Waals surface area contributed by atoms with E-state index in [1.165, 1.54) is 25.1 Å². The van der Waals surface area contributed by atoms with E-state index in [-0.39, 0.29) is 5.92 Å². The number of esters is 2. The number of hydrogen-bond acceptors (Lipinski definition) is 8. The van der Waals surface area contributed by atoms with Gasteiger partial charge >= 0.3 is 11.9 Å². The minimum atomic E-state index is -1.20. The van der Waals surface area contributed by atoms with Crippen LogP contribution in [0.1, 0.15) is 74.1 Å². The van der Waals surface area contributed by atoms with Crippen LogP contribution in [0.2, 0.25) is 0 Å². The van der Waals surface area contributed by atoms with Gasteiger partial charge in [0.2, 0.25) is 0 Å². The summed E-state index contributed by atoms with van der Waals surface area (Å²) in [6.45, 7) is 7.70. The lowest BCUT2D eigenvalue weighted by Gasteiger charge is -2.62. The smallest absolute Gasteiger partial charge is 0.341 e. The van der Waals surface area contributed by atoms with E-state index in [1.807, 2.05) is 20.8 Å². The summed E-state index contributed by atoms with van der Waals surface area (Å²) in [7, 11) is 0. The van der Waals surface area contributed by atoms with Gasteiger partial charge in [0, 0.05) is 0 Å². The highest BCUT2D eigenvalue weighted by Crippen LogP contribution is 2.67. The van der Waals surface area contributed by atoms with E-state index in [4.69, 9.17) is 23.0 Å². The number of furan rings is 2. The average Bonchev–Trinajstić information content (AvgIpc) is 3.49. The van der Waals surface area contributed by atoms with Crippen molar-refractivity contribution in [2.24, 2.45) is 11.3 Å². The molecule has 0 aromatic carbocycles. The Hall–Kier alpha value is -2.58. The molecule has 0 radical (unpaired) electrons. The van der Waals surface area contributed by atoms with Crippen LogP contribution in [0.3, 0.4) is 0 Å². The molecular weight excluding hydrogens is 428 g/mol. The van der Waals surface area contributed by atoms with Crippen molar-refractivity contribution in [1.29, 1.82) is 0 Å². The molecule has 6 unspecified atom stereocenters. The monoisotopic (exact) mass is 458 g/mol. The molecule has 8 heteroatoms. The molecule has 178 valence electrons. The van der Waals surface area contributed by atoms with Gasteiger partial charge in [0.1, 0.15) is 30.3 Å². The highest BCUT2D eigenvalue weighted by atomic mass is 16.6. The van der Waals surface area contributed by atoms with Gasteiger partial charge in [-0.1, -0.05) is 0 Å². The van der Waals surface area contributed by atoms with Crippen molar-refractivity contribution in [3.63, 3.8) is 0 Å². The third-order valence-corrected chi connectivity index (χ3v) is 8.44. The van der Waals surface area contributed by atoms with Crippen LogP contribution in [-0.2, 0) is 14.2 Å². The summed E-state index contributed by atoms with van der Waals surface area (Å²) < 4.78 is 28.9. The summed E-state index contributed by atoms with van der Waals surface area (Å²) in [5.41, 5.74) is -3.19. The maximum Gasteiger partial charge on any atom is 0.341 e. The first-order chi connectivity index (χ1) is 15.5. The molecule has 0 amide bonds. The molecule has 8 nitrogen and oxygen atoms in total. The summed E-state index contributed by atoms with van der Waals surface area (Å²) in [5.74, 6) is -0.983. The van der Waals surface area contributed by atoms with Gasteiger partial charge in [-0.2, -0.15) is 0 Å². The van der Waals surface area contributed by atoms with Gasteiger partial charge in [-0.15, -0.1) is 0 Å². The first-order valence-corrected chi connectivity index (χ1v) is 11.4. The number of aliphatic hydroxyl groups is 1. The molecule has 1 N–H and O–H groups in total. The van der Waals surface area contributed by atoms with E-state index in [9.17, 15) is 14.7 Å². The second-order valence-electron chi connectivity index (χ2n) is 10.6. The number of carbonyl (C=O) groups excluding carboxylic acids is 2. The third-order valence-electron chi connectivity index (χ3n) is 8.44. The first-order valence-electron chi connectivity index (χ1n) is 11.4. The Labute approximate surface area is 192 Å². The summed E-state index contributed by atoms with van der Waals surface area (Å²) in [5, 5.41) is 11.7. The molecule has 2 bridgehead atoms. The Kier molecular flexibility index (Phi) is 4.85. The summed E-state index contributed by atoms with van der Waals surface area (Å²) in [4.78, 5) is 25.8. The normalized spacial score (nSPS) is 39.0. The Morgan fingerprint density at radius 2 is 1.55 bits per heavy atom. The second-order valence-corrected chi connectivity index (χ2v) is 10.6. The summed E-state index contributed by atoms with van der Waals surface area (Å²) in [6, 6.07) is 3.09. The maximum atomic E-state index is 13.0. The van der Waals surface area contributed by atoms with Crippen molar-refractivity contribution in [1.82, 2.24) is 0 Å². The zero-order chi connectivity index (χ0) is 23.6. The van der Waals surface area contributed by atoms with E-state index in [0.717, 1.165) is 0 Å². The van der Waals surface area contributed by atoms with Crippen LogP contribution >= 0.6 is 0 Å². The number of carbonyl (C=O) groups is 2. The molecule has 6 atom stereocenters. The predicted octanol–water partition coefficient (Wildman–Crippen LogP) is 4.13. The van der Waals surface area contributed by atoms with Crippen molar-refractivity contribution in [2.45, 2.75) is 82.4 Å². The van der Waals surface area contributed by atoms with E-state index in [0.29, 0.717) is 36.8 Å². The van der Waals surface area contributed by atoms with Crippen LogP contribution in [-0.4, -0.2) is 46.1 Å². The van der Waals surface area contributed by atoms with Crippen LogP contribution in [0.25, 0.3) is 0 Å². The van der Waals surface area contributed by atoms with E-state index < -0.39 is 46.4 Å². The zero-order valence-electron chi connectivity index (χ0n) is 19.3. The third kappa shape index (κ3) is 3.10. The molecule has 2 aliphatic carbocycles. The quantitative estimate of drug-likeness (QED) is 0.682. The number of rotatable bonds is 4. The zero-order valence-corrected chi connectivity index (χ0v) is 19.3. The molecule has 3 aliphatic rings. The van der Waals surface area contributed by atoms with Crippen molar-refractivity contribution >= 4 is 11.9 Å². The molecule has 3 fully saturated rings. The molecule has 33 heavy (non-hydrogen) atoms. The fourth-order valence-corrected chi connectivity index (χ4v) is 6.43. The van der Waals surface area contributed by atoms with Crippen molar-refractivity contribution in [3.05, 3.63) is 48.3 Å². The fourth-order valence-electron chi connectivity index (χ4n) is 6.43. The molecule has 3 heterocycles. The molecule has 1 saturated heterocycles. The van der Waals surface area contributed by atoms with Gasteiger partial charge in [-0.3, -0.25) is 0 Å². The number of hydrogen-bond donors (Lipinski definition) is 1. The van der Waals surface area contributed by atoms with Gasteiger partial charge in [-0.05, 0) is 71.4 Å². The highest BCUT2D eigenvalue weighted by Gasteiger charge is 2.77. The Balaban J connectivity index is 1.57. The van der Waals surface area contributed by atoms with Gasteiger partial charge in [0.05, 0.1) is 40.3 Å². The minimum absolute atomic E-state index is 0.0579. The lowest BCUT2D eigenvalue weighted by Crippen LogP contribution is -2.74. The van der Waals surface area contributed by atoms with Crippen molar-refractivity contribution < 1.29 is 37.7 Å². The lowest BCUT2D eigenvalue weighted by atomic mass is 9.49. The van der Waals surface area contributed by atoms with Crippen LogP contribution in [0.4, 0.5) is 0 Å². The number of ether oxygens (including phenoxy) is 3. The van der Waals surface area contributed by atoms with Gasteiger partial charge in [0.25, 0.3) is 0 Å². The highest BCUT2D eigenvalue weighted by molar-refractivity contribution is 5.89. The number of fused-ring (bicyclic) bond motifs is 1. The molecule has 2 aromatic heterocycles. The van der Waals surface area contributed by atoms with Crippen LogP contribution in [0.5, 0.6) is 0 Å². The first kappa shape index (κ1) is 22.2. The van der Waals surface area contributed by atoms with Crippen molar-refractivity contribution in [3.8, 4) is 0 Å². The van der Waals surface area contributed by atoms with Gasteiger partial charge in [-0.25, -0.2) is 9.59 Å². The van der Waals surface area contributed by atoms with E-state index in [1.54, 1.807) is 19.1 Å². The standard InChI is InChI=1S/C25H30O8/c1-22(2)17-11-19(32-21(27)16-7-10-30-14-16)24(4)18(31-20(26)15-6-9-29-13-15)5-8-23(3,28)25(24,12-17)33-22/h6-7,9-10,13-14,17-19,28H,5,8,11-12H2,1-4H3. The Morgan fingerprint density at radius 3 is 2.09 bits per heavy atom. The molecule has 2 aromatic rings. The molecule has 1 spiro atoms. The molecular formula is C25H30O8. The predicted molar refractivity (Wildman–Crippen MR) is 114 cm³/mol. The lowest BCUT2D eigenvalue weighted by molar-refractivity contribution is -0.302. The Bertz CT molecular complexity index is 1040. The summed E-state index contributed by atoms with van der Waals surface area (Å²) in [6.07, 6.45) is 6.12. The van der Waals surface area contributed by atoms with Crippen LogP contribution in [0, 0.1) is 11.3 Å².